The number of imidazole rings is 1. The molecule has 0 radical (unpaired) electrons. The second-order valence-electron chi connectivity index (χ2n) is 5.66. The first-order valence-corrected chi connectivity index (χ1v) is 7.49. The van der Waals surface area contributed by atoms with E-state index in [1.807, 2.05) is 40.9 Å². The van der Waals surface area contributed by atoms with Crippen molar-refractivity contribution in [1.82, 2.24) is 14.4 Å². The average molecular weight is 307 g/mol. The molecule has 6 nitrogen and oxygen atoms in total. The number of benzene rings is 1. The molecule has 1 aromatic carbocycles. The molecule has 23 heavy (non-hydrogen) atoms. The third kappa shape index (κ3) is 2.28. The van der Waals surface area contributed by atoms with Gasteiger partial charge in [-0.25, -0.2) is 4.98 Å². The van der Waals surface area contributed by atoms with Crippen molar-refractivity contribution < 1.29 is 4.42 Å². The number of nitrogens with zero attached hydrogens (tertiary/aromatic N) is 3. The van der Waals surface area contributed by atoms with Crippen LogP contribution in [0.25, 0.3) is 16.7 Å². The largest absolute Gasteiger partial charge is 0.424 e. The van der Waals surface area contributed by atoms with Gasteiger partial charge in [-0.1, -0.05) is 6.07 Å². The minimum absolute atomic E-state index is 0.198. The van der Waals surface area contributed by atoms with Crippen LogP contribution in [-0.4, -0.2) is 14.4 Å². The minimum Gasteiger partial charge on any atom is -0.424 e. The Morgan fingerprint density at radius 3 is 2.83 bits per heavy atom. The predicted octanol–water partition coefficient (Wildman–Crippen LogP) is 2.73. The number of rotatable bonds is 3. The quantitative estimate of drug-likeness (QED) is 0.607. The standard InChI is InChI=1S/C17H17N5O/c1-10-13(20-16-12(18)3-2-8-22(10)16)6-4-11-5-7-14-15(9-11)23-17(19)21-14/h2-3,5,7-9H,4,6,18H2,1H3,(H2,19,21). The molecule has 0 aliphatic heterocycles. The molecule has 0 spiro atoms. The monoisotopic (exact) mass is 307 g/mol. The van der Waals surface area contributed by atoms with E-state index in [1.54, 1.807) is 0 Å². The fourth-order valence-electron chi connectivity index (χ4n) is 2.90. The highest BCUT2D eigenvalue weighted by Gasteiger charge is 2.11. The van der Waals surface area contributed by atoms with Crippen LogP contribution in [0.3, 0.4) is 0 Å². The average Bonchev–Trinajstić information content (AvgIpc) is 3.06. The van der Waals surface area contributed by atoms with Gasteiger partial charge < -0.3 is 20.3 Å². The van der Waals surface area contributed by atoms with Crippen LogP contribution in [0.15, 0.2) is 40.9 Å². The molecule has 0 fully saturated rings. The van der Waals surface area contributed by atoms with Crippen molar-refractivity contribution in [2.75, 3.05) is 11.5 Å². The van der Waals surface area contributed by atoms with Gasteiger partial charge in [0.05, 0.1) is 11.4 Å². The van der Waals surface area contributed by atoms with Gasteiger partial charge in [-0.05, 0) is 49.6 Å². The number of aryl methyl sites for hydroxylation is 3. The van der Waals surface area contributed by atoms with E-state index in [2.05, 4.69) is 16.9 Å². The van der Waals surface area contributed by atoms with E-state index in [9.17, 15) is 0 Å². The summed E-state index contributed by atoms with van der Waals surface area (Å²) in [5, 5.41) is 0. The van der Waals surface area contributed by atoms with Crippen LogP contribution in [0, 0.1) is 6.92 Å². The van der Waals surface area contributed by atoms with Crippen molar-refractivity contribution in [1.29, 1.82) is 0 Å². The lowest BCUT2D eigenvalue weighted by molar-refractivity contribution is 0.625. The summed E-state index contributed by atoms with van der Waals surface area (Å²) < 4.78 is 7.41. The third-order valence-electron chi connectivity index (χ3n) is 4.14. The van der Waals surface area contributed by atoms with E-state index in [4.69, 9.17) is 15.9 Å². The van der Waals surface area contributed by atoms with Gasteiger partial charge in [0.1, 0.15) is 5.52 Å². The fourth-order valence-corrected chi connectivity index (χ4v) is 2.90. The maximum atomic E-state index is 6.00. The van der Waals surface area contributed by atoms with Gasteiger partial charge in [-0.3, -0.25) is 0 Å². The Balaban J connectivity index is 1.62. The smallest absolute Gasteiger partial charge is 0.292 e. The molecule has 0 saturated heterocycles. The molecule has 3 aromatic heterocycles. The molecule has 0 bridgehead atoms. The number of hydrogen-bond acceptors (Lipinski definition) is 5. The summed E-state index contributed by atoms with van der Waals surface area (Å²) >= 11 is 0. The molecular formula is C17H17N5O. The molecule has 0 saturated carbocycles. The van der Waals surface area contributed by atoms with E-state index < -0.39 is 0 Å². The topological polar surface area (TPSA) is 95.4 Å². The number of oxazole rings is 1. The van der Waals surface area contributed by atoms with Gasteiger partial charge in [0.25, 0.3) is 6.01 Å². The first kappa shape index (κ1) is 13.6. The highest BCUT2D eigenvalue weighted by atomic mass is 16.4. The number of aromatic nitrogens is 3. The summed E-state index contributed by atoms with van der Waals surface area (Å²) in [5.74, 6) is 0. The second-order valence-corrected chi connectivity index (χ2v) is 5.66. The molecule has 4 aromatic rings. The van der Waals surface area contributed by atoms with E-state index in [0.29, 0.717) is 5.69 Å². The van der Waals surface area contributed by atoms with Crippen LogP contribution in [0.1, 0.15) is 17.0 Å². The number of hydrogen-bond donors (Lipinski definition) is 2. The normalized spacial score (nSPS) is 11.5. The molecule has 6 heteroatoms. The Bertz CT molecular complexity index is 1010. The lowest BCUT2D eigenvalue weighted by Crippen LogP contribution is -1.94. The summed E-state index contributed by atoms with van der Waals surface area (Å²) in [6.07, 6.45) is 3.68. The van der Waals surface area contributed by atoms with Crippen molar-refractivity contribution in [3.63, 3.8) is 0 Å². The number of anilines is 2. The molecule has 0 aliphatic rings. The Kier molecular flexibility index (Phi) is 2.97. The zero-order valence-corrected chi connectivity index (χ0v) is 12.8. The molecule has 0 unspecified atom stereocenters. The number of nitrogens with two attached hydrogens (primary N) is 2. The van der Waals surface area contributed by atoms with Gasteiger partial charge in [0.2, 0.25) is 0 Å². The molecule has 0 amide bonds. The molecule has 3 heterocycles. The molecule has 4 rings (SSSR count). The minimum atomic E-state index is 0.198. The summed E-state index contributed by atoms with van der Waals surface area (Å²) in [4.78, 5) is 8.78. The van der Waals surface area contributed by atoms with Crippen LogP contribution in [0.5, 0.6) is 0 Å². The van der Waals surface area contributed by atoms with E-state index in [1.165, 1.54) is 0 Å². The number of pyridine rings is 1. The zero-order chi connectivity index (χ0) is 16.0. The van der Waals surface area contributed by atoms with Crippen molar-refractivity contribution in [2.45, 2.75) is 19.8 Å². The van der Waals surface area contributed by atoms with E-state index in [-0.39, 0.29) is 6.01 Å². The highest BCUT2D eigenvalue weighted by Crippen LogP contribution is 2.21. The summed E-state index contributed by atoms with van der Waals surface area (Å²) in [7, 11) is 0. The maximum absolute atomic E-state index is 6.00. The van der Waals surface area contributed by atoms with Crippen LogP contribution in [0.2, 0.25) is 0 Å². The maximum Gasteiger partial charge on any atom is 0.292 e. The van der Waals surface area contributed by atoms with Crippen LogP contribution >= 0.6 is 0 Å². The Morgan fingerprint density at radius 2 is 2.00 bits per heavy atom. The van der Waals surface area contributed by atoms with E-state index >= 15 is 0 Å². The SMILES string of the molecule is Cc1c(CCc2ccc3nc(N)oc3c2)nc2c(N)cccn12. The van der Waals surface area contributed by atoms with Crippen molar-refractivity contribution >= 4 is 28.4 Å². The van der Waals surface area contributed by atoms with E-state index in [0.717, 1.165) is 46.5 Å². The predicted molar refractivity (Wildman–Crippen MR) is 90.2 cm³/mol. The Morgan fingerprint density at radius 1 is 1.13 bits per heavy atom. The summed E-state index contributed by atoms with van der Waals surface area (Å²) in [5.41, 5.74) is 17.9. The van der Waals surface area contributed by atoms with Crippen molar-refractivity contribution in [3.8, 4) is 0 Å². The molecule has 0 aliphatic carbocycles. The number of nitrogen functional groups attached to an aromatic ring is 2. The first-order valence-electron chi connectivity index (χ1n) is 7.49. The van der Waals surface area contributed by atoms with Gasteiger partial charge in [0.15, 0.2) is 11.2 Å². The second kappa shape index (κ2) is 5.01. The molecule has 116 valence electrons. The Hall–Kier alpha value is -3.02. The van der Waals surface area contributed by atoms with Crippen molar-refractivity contribution in [3.05, 3.63) is 53.5 Å². The first-order chi connectivity index (χ1) is 11.1. The van der Waals surface area contributed by atoms with Crippen LogP contribution in [-0.2, 0) is 12.8 Å². The van der Waals surface area contributed by atoms with Gasteiger partial charge in [0, 0.05) is 11.9 Å². The van der Waals surface area contributed by atoms with Crippen LogP contribution in [0.4, 0.5) is 11.7 Å². The molecular weight excluding hydrogens is 290 g/mol. The summed E-state index contributed by atoms with van der Waals surface area (Å²) in [6.45, 7) is 2.06. The highest BCUT2D eigenvalue weighted by molar-refractivity contribution is 5.74. The third-order valence-corrected chi connectivity index (χ3v) is 4.14. The fraction of sp³-hybridized carbons (Fsp3) is 0.176. The Labute approximate surface area is 132 Å². The van der Waals surface area contributed by atoms with Crippen molar-refractivity contribution in [2.24, 2.45) is 0 Å². The van der Waals surface area contributed by atoms with Crippen LogP contribution < -0.4 is 11.5 Å². The van der Waals surface area contributed by atoms with Gasteiger partial charge in [-0.15, -0.1) is 0 Å². The zero-order valence-electron chi connectivity index (χ0n) is 12.8. The number of fused-ring (bicyclic) bond motifs is 2. The lowest BCUT2D eigenvalue weighted by atomic mass is 10.1. The summed E-state index contributed by atoms with van der Waals surface area (Å²) in [6, 6.07) is 9.96. The molecule has 4 N–H and O–H groups in total. The van der Waals surface area contributed by atoms with Gasteiger partial charge >= 0.3 is 0 Å². The van der Waals surface area contributed by atoms with Gasteiger partial charge in [-0.2, -0.15) is 4.98 Å². The molecule has 0 atom stereocenters. The lowest BCUT2D eigenvalue weighted by Gasteiger charge is -2.01.